The molecule has 3 heteroatoms. The maximum absolute atomic E-state index is 4.16. The standard InChI is InChI=1S/C10H9BrN2/c1-7-12-6-10(13-7)8-4-2-3-5-9(8)11/h2-6H,1H3,(H,12,13). The predicted octanol–water partition coefficient (Wildman–Crippen LogP) is 3.15. The van der Waals surface area contributed by atoms with Crippen LogP contribution >= 0.6 is 15.9 Å². The second kappa shape index (κ2) is 3.34. The van der Waals surface area contributed by atoms with Crippen LogP contribution in [0.4, 0.5) is 0 Å². The van der Waals surface area contributed by atoms with Crippen molar-refractivity contribution in [1.29, 1.82) is 0 Å². The Kier molecular flexibility index (Phi) is 2.19. The van der Waals surface area contributed by atoms with E-state index in [1.54, 1.807) is 0 Å². The van der Waals surface area contributed by atoms with E-state index in [2.05, 4.69) is 32.0 Å². The summed E-state index contributed by atoms with van der Waals surface area (Å²) in [5.41, 5.74) is 2.19. The van der Waals surface area contributed by atoms with Crippen molar-refractivity contribution in [2.45, 2.75) is 6.92 Å². The van der Waals surface area contributed by atoms with E-state index < -0.39 is 0 Å². The first kappa shape index (κ1) is 8.51. The molecule has 0 saturated carbocycles. The molecule has 0 atom stereocenters. The first-order valence-corrected chi connectivity index (χ1v) is 4.83. The van der Waals surface area contributed by atoms with Crippen LogP contribution in [0, 0.1) is 6.92 Å². The summed E-state index contributed by atoms with van der Waals surface area (Å²) >= 11 is 3.49. The summed E-state index contributed by atoms with van der Waals surface area (Å²) in [4.78, 5) is 7.35. The molecule has 0 aliphatic heterocycles. The fourth-order valence-corrected chi connectivity index (χ4v) is 1.74. The fourth-order valence-electron chi connectivity index (χ4n) is 1.24. The SMILES string of the molecule is Cc1ncc(-c2ccccc2Br)[nH]1. The molecule has 2 aromatic rings. The number of rotatable bonds is 1. The molecule has 0 saturated heterocycles. The molecular weight excluding hydrogens is 228 g/mol. The van der Waals surface area contributed by atoms with Crippen molar-refractivity contribution < 1.29 is 0 Å². The highest BCUT2D eigenvalue weighted by Gasteiger charge is 2.03. The van der Waals surface area contributed by atoms with Crippen LogP contribution in [-0.2, 0) is 0 Å². The number of nitrogens with zero attached hydrogens (tertiary/aromatic N) is 1. The van der Waals surface area contributed by atoms with Gasteiger partial charge in [0, 0.05) is 10.0 Å². The number of benzene rings is 1. The molecule has 0 unspecified atom stereocenters. The minimum atomic E-state index is 0.936. The van der Waals surface area contributed by atoms with Gasteiger partial charge in [-0.2, -0.15) is 0 Å². The summed E-state index contributed by atoms with van der Waals surface area (Å²) in [5.74, 6) is 0.936. The molecule has 1 N–H and O–H groups in total. The Morgan fingerprint density at radius 1 is 1.31 bits per heavy atom. The monoisotopic (exact) mass is 236 g/mol. The lowest BCUT2D eigenvalue weighted by Crippen LogP contribution is -1.79. The molecule has 0 fully saturated rings. The highest BCUT2D eigenvalue weighted by Crippen LogP contribution is 2.25. The van der Waals surface area contributed by atoms with Gasteiger partial charge in [-0.1, -0.05) is 34.1 Å². The summed E-state index contributed by atoms with van der Waals surface area (Å²) in [6, 6.07) is 8.08. The Hall–Kier alpha value is -1.09. The van der Waals surface area contributed by atoms with Crippen molar-refractivity contribution in [2.24, 2.45) is 0 Å². The van der Waals surface area contributed by atoms with E-state index in [9.17, 15) is 0 Å². The van der Waals surface area contributed by atoms with Gasteiger partial charge in [0.1, 0.15) is 5.82 Å². The van der Waals surface area contributed by atoms with Gasteiger partial charge in [0.25, 0.3) is 0 Å². The number of imidazole rings is 1. The van der Waals surface area contributed by atoms with E-state index in [1.807, 2.05) is 31.3 Å². The molecular formula is C10H9BrN2. The second-order valence-electron chi connectivity index (χ2n) is 2.86. The van der Waals surface area contributed by atoms with Crippen molar-refractivity contribution in [2.75, 3.05) is 0 Å². The van der Waals surface area contributed by atoms with Gasteiger partial charge < -0.3 is 4.98 Å². The van der Waals surface area contributed by atoms with Crippen LogP contribution in [0.25, 0.3) is 11.3 Å². The molecule has 2 rings (SSSR count). The third-order valence-corrected chi connectivity index (χ3v) is 2.56. The largest absolute Gasteiger partial charge is 0.342 e. The van der Waals surface area contributed by atoms with E-state index in [1.165, 1.54) is 0 Å². The maximum atomic E-state index is 4.16. The van der Waals surface area contributed by atoms with Crippen molar-refractivity contribution in [1.82, 2.24) is 9.97 Å². The lowest BCUT2D eigenvalue weighted by Gasteiger charge is -1.99. The third kappa shape index (κ3) is 1.65. The molecule has 1 heterocycles. The molecule has 0 aliphatic carbocycles. The van der Waals surface area contributed by atoms with E-state index in [0.717, 1.165) is 21.6 Å². The van der Waals surface area contributed by atoms with Crippen LogP contribution in [0.1, 0.15) is 5.82 Å². The van der Waals surface area contributed by atoms with E-state index >= 15 is 0 Å². The molecule has 1 aromatic heterocycles. The van der Waals surface area contributed by atoms with Crippen LogP contribution in [0.5, 0.6) is 0 Å². The highest BCUT2D eigenvalue weighted by atomic mass is 79.9. The van der Waals surface area contributed by atoms with Gasteiger partial charge in [-0.15, -0.1) is 0 Å². The number of aromatic amines is 1. The number of aromatic nitrogens is 2. The number of aryl methyl sites for hydroxylation is 1. The van der Waals surface area contributed by atoms with E-state index in [0.29, 0.717) is 0 Å². The first-order chi connectivity index (χ1) is 6.27. The topological polar surface area (TPSA) is 28.7 Å². The molecule has 0 spiro atoms. The van der Waals surface area contributed by atoms with Crippen LogP contribution < -0.4 is 0 Å². The van der Waals surface area contributed by atoms with Gasteiger partial charge in [-0.3, -0.25) is 0 Å². The quantitative estimate of drug-likeness (QED) is 0.810. The molecule has 0 amide bonds. The van der Waals surface area contributed by atoms with Gasteiger partial charge in [0.2, 0.25) is 0 Å². The summed E-state index contributed by atoms with van der Waals surface area (Å²) in [6.45, 7) is 1.94. The average Bonchev–Trinajstić information content (AvgIpc) is 2.53. The van der Waals surface area contributed by atoms with Crippen LogP contribution in [-0.4, -0.2) is 9.97 Å². The Labute approximate surface area is 85.1 Å². The van der Waals surface area contributed by atoms with Crippen molar-refractivity contribution in [3.8, 4) is 11.3 Å². The van der Waals surface area contributed by atoms with Crippen molar-refractivity contribution >= 4 is 15.9 Å². The summed E-state index contributed by atoms with van der Waals surface area (Å²) in [7, 11) is 0. The molecule has 0 aliphatic rings. The maximum Gasteiger partial charge on any atom is 0.103 e. The Morgan fingerprint density at radius 2 is 2.08 bits per heavy atom. The van der Waals surface area contributed by atoms with Crippen LogP contribution in [0.3, 0.4) is 0 Å². The zero-order chi connectivity index (χ0) is 9.26. The van der Waals surface area contributed by atoms with Crippen LogP contribution in [0.2, 0.25) is 0 Å². The second-order valence-corrected chi connectivity index (χ2v) is 3.72. The Bertz CT molecular complexity index is 420. The zero-order valence-corrected chi connectivity index (χ0v) is 8.80. The lowest BCUT2D eigenvalue weighted by molar-refractivity contribution is 1.15. The molecule has 13 heavy (non-hydrogen) atoms. The van der Waals surface area contributed by atoms with Gasteiger partial charge in [-0.25, -0.2) is 4.98 Å². The van der Waals surface area contributed by atoms with E-state index in [4.69, 9.17) is 0 Å². The number of hydrogen-bond donors (Lipinski definition) is 1. The van der Waals surface area contributed by atoms with Crippen LogP contribution in [0.15, 0.2) is 34.9 Å². The lowest BCUT2D eigenvalue weighted by atomic mass is 10.2. The van der Waals surface area contributed by atoms with Gasteiger partial charge >= 0.3 is 0 Å². The molecule has 66 valence electrons. The average molecular weight is 237 g/mol. The zero-order valence-electron chi connectivity index (χ0n) is 7.21. The molecule has 0 radical (unpaired) electrons. The number of halogens is 1. The number of hydrogen-bond acceptors (Lipinski definition) is 1. The fraction of sp³-hybridized carbons (Fsp3) is 0.100. The minimum absolute atomic E-state index is 0.936. The van der Waals surface area contributed by atoms with Gasteiger partial charge in [0.05, 0.1) is 11.9 Å². The first-order valence-electron chi connectivity index (χ1n) is 4.04. The normalized spacial score (nSPS) is 10.3. The molecule has 0 bridgehead atoms. The number of nitrogens with one attached hydrogen (secondary N) is 1. The third-order valence-electron chi connectivity index (χ3n) is 1.87. The Balaban J connectivity index is 2.52. The van der Waals surface area contributed by atoms with E-state index in [-0.39, 0.29) is 0 Å². The van der Waals surface area contributed by atoms with Gasteiger partial charge in [-0.05, 0) is 13.0 Å². The van der Waals surface area contributed by atoms with Gasteiger partial charge in [0.15, 0.2) is 0 Å². The number of H-pyrrole nitrogens is 1. The summed E-state index contributed by atoms with van der Waals surface area (Å²) < 4.78 is 1.08. The Morgan fingerprint density at radius 3 is 2.69 bits per heavy atom. The highest BCUT2D eigenvalue weighted by molar-refractivity contribution is 9.10. The molecule has 2 nitrogen and oxygen atoms in total. The minimum Gasteiger partial charge on any atom is -0.342 e. The summed E-state index contributed by atoms with van der Waals surface area (Å²) in [6.07, 6.45) is 1.84. The van der Waals surface area contributed by atoms with Crippen molar-refractivity contribution in [3.05, 3.63) is 40.8 Å². The molecule has 1 aromatic carbocycles. The van der Waals surface area contributed by atoms with Crippen molar-refractivity contribution in [3.63, 3.8) is 0 Å². The summed E-state index contributed by atoms with van der Waals surface area (Å²) in [5, 5.41) is 0. The predicted molar refractivity (Wildman–Crippen MR) is 56.5 cm³/mol. The smallest absolute Gasteiger partial charge is 0.103 e.